The van der Waals surface area contributed by atoms with Crippen LogP contribution in [-0.2, 0) is 10.0 Å². The molecule has 0 heterocycles. The number of allylic oxidation sites excluding steroid dienone is 10. The third-order valence-electron chi connectivity index (χ3n) is 3.74. The molecule has 2 bridgehead atoms. The Kier molecular flexibility index (Phi) is 6.79. The smallest absolute Gasteiger partial charge is 0.491 e. The van der Waals surface area contributed by atoms with Gasteiger partial charge >= 0.3 is 29.6 Å². The van der Waals surface area contributed by atoms with Crippen LogP contribution < -0.4 is 29.6 Å². The zero-order valence-electron chi connectivity index (χ0n) is 14.3. The molecule has 0 N–H and O–H groups in total. The number of nitrogens with zero attached hydrogens (tertiary/aromatic N) is 2. The van der Waals surface area contributed by atoms with E-state index in [-0.39, 0.29) is 34.5 Å². The molecule has 0 aliphatic heterocycles. The van der Waals surface area contributed by atoms with Gasteiger partial charge in [0.2, 0.25) is 0 Å². The summed E-state index contributed by atoms with van der Waals surface area (Å²) in [6, 6.07) is 6.54. The Labute approximate surface area is 170 Å². The summed E-state index contributed by atoms with van der Waals surface area (Å²) in [5.41, 5.74) is 4.11. The summed E-state index contributed by atoms with van der Waals surface area (Å²) in [4.78, 5) is 3.67. The molecule has 0 saturated carbocycles. The number of hydrogen-bond acceptors (Lipinski definition) is 3. The molecular formula is C19H17N2NaO2S. The number of aryl methyl sites for hydroxylation is 1. The fourth-order valence-electron chi connectivity index (χ4n) is 2.41. The van der Waals surface area contributed by atoms with Crippen molar-refractivity contribution in [2.45, 2.75) is 18.2 Å². The first-order chi connectivity index (χ1) is 11.5. The fraction of sp³-hybridized carbons (Fsp3) is 0.105. The van der Waals surface area contributed by atoms with Gasteiger partial charge in [-0.25, -0.2) is 8.42 Å². The van der Waals surface area contributed by atoms with Crippen molar-refractivity contribution in [2.24, 2.45) is 5.10 Å². The van der Waals surface area contributed by atoms with Crippen LogP contribution in [0.4, 0.5) is 0 Å². The molecule has 0 spiro atoms. The first kappa shape index (κ1) is 19.7. The van der Waals surface area contributed by atoms with Crippen molar-refractivity contribution < 1.29 is 38.0 Å². The van der Waals surface area contributed by atoms with Crippen molar-refractivity contribution in [1.82, 2.24) is 0 Å². The average Bonchev–Trinajstić information content (AvgIpc) is 2.90. The zero-order valence-corrected chi connectivity index (χ0v) is 17.1. The summed E-state index contributed by atoms with van der Waals surface area (Å²) in [6.45, 7) is 1.90. The molecule has 3 rings (SSSR count). The maximum Gasteiger partial charge on any atom is 1.00 e. The number of sulfonamides is 1. The van der Waals surface area contributed by atoms with E-state index in [2.05, 4.69) is 16.0 Å². The van der Waals surface area contributed by atoms with E-state index in [9.17, 15) is 8.42 Å². The topological polar surface area (TPSA) is 60.6 Å². The van der Waals surface area contributed by atoms with Crippen molar-refractivity contribution in [3.8, 4) is 0 Å². The summed E-state index contributed by atoms with van der Waals surface area (Å²) in [5, 5.41) is 3.81. The zero-order chi connectivity index (χ0) is 17.0. The van der Waals surface area contributed by atoms with Gasteiger partial charge in [0.15, 0.2) is 0 Å². The minimum absolute atomic E-state index is 0. The van der Waals surface area contributed by atoms with Gasteiger partial charge in [0.25, 0.3) is 0 Å². The van der Waals surface area contributed by atoms with E-state index in [1.165, 1.54) is 23.9 Å². The standard InChI is InChI=1S/C19H17N2O2S.Na/c1-15-9-11-19(12-10-15)24(22,23)21-20-14-18-8-4-6-16-5-2-3-7-17(18)13-16;/h2-12,14H,13H2,1H3;/q-1;+1/b20-14+;. The van der Waals surface area contributed by atoms with Gasteiger partial charge in [-0.15, -0.1) is 0 Å². The van der Waals surface area contributed by atoms with Gasteiger partial charge in [0, 0.05) is 6.21 Å². The largest absolute Gasteiger partial charge is 1.00 e. The van der Waals surface area contributed by atoms with Crippen LogP contribution in [0.5, 0.6) is 0 Å². The van der Waals surface area contributed by atoms with E-state index in [0.717, 1.165) is 23.1 Å². The van der Waals surface area contributed by atoms with E-state index < -0.39 is 10.0 Å². The van der Waals surface area contributed by atoms with Crippen molar-refractivity contribution >= 4 is 16.2 Å². The predicted octanol–water partition coefficient (Wildman–Crippen LogP) is 1.36. The molecule has 0 unspecified atom stereocenters. The summed E-state index contributed by atoms with van der Waals surface area (Å²) < 4.78 is 24.3. The molecule has 1 aromatic carbocycles. The Hall–Kier alpha value is -1.66. The van der Waals surface area contributed by atoms with Gasteiger partial charge in [-0.05, 0) is 42.2 Å². The van der Waals surface area contributed by atoms with E-state index in [1.54, 1.807) is 12.1 Å². The van der Waals surface area contributed by atoms with Gasteiger partial charge in [0.1, 0.15) is 10.0 Å². The van der Waals surface area contributed by atoms with E-state index in [4.69, 9.17) is 0 Å². The van der Waals surface area contributed by atoms with E-state index >= 15 is 0 Å². The van der Waals surface area contributed by atoms with E-state index in [0.29, 0.717) is 0 Å². The second-order valence-corrected chi connectivity index (χ2v) is 7.18. The van der Waals surface area contributed by atoms with Crippen LogP contribution in [0.2, 0.25) is 0 Å². The Morgan fingerprint density at radius 1 is 1.04 bits per heavy atom. The van der Waals surface area contributed by atoms with Crippen molar-refractivity contribution in [3.63, 3.8) is 0 Å². The van der Waals surface area contributed by atoms with Crippen LogP contribution in [0.15, 0.2) is 93.5 Å². The van der Waals surface area contributed by atoms with E-state index in [1.807, 2.05) is 43.4 Å². The molecule has 122 valence electrons. The molecule has 25 heavy (non-hydrogen) atoms. The quantitative estimate of drug-likeness (QED) is 0.462. The van der Waals surface area contributed by atoms with Gasteiger partial charge in [-0.1, -0.05) is 60.2 Å². The van der Waals surface area contributed by atoms with Crippen molar-refractivity contribution in [3.05, 3.63) is 93.9 Å². The Balaban J connectivity index is 0.00000225. The average molecular weight is 360 g/mol. The van der Waals surface area contributed by atoms with Crippen LogP contribution in [-0.4, -0.2) is 14.6 Å². The number of rotatable bonds is 4. The predicted molar refractivity (Wildman–Crippen MR) is 97.4 cm³/mol. The second kappa shape index (κ2) is 8.63. The molecular weight excluding hydrogens is 343 g/mol. The number of benzene rings is 1. The third-order valence-corrected chi connectivity index (χ3v) is 4.92. The molecule has 2 aliphatic carbocycles. The fourth-order valence-corrected chi connectivity index (χ4v) is 3.16. The molecule has 0 radical (unpaired) electrons. The Bertz CT molecular complexity index is 919. The molecule has 1 aromatic rings. The van der Waals surface area contributed by atoms with Crippen LogP contribution in [0, 0.1) is 6.92 Å². The maximum atomic E-state index is 12.2. The minimum atomic E-state index is -3.78. The van der Waals surface area contributed by atoms with Crippen LogP contribution in [0.25, 0.3) is 4.83 Å². The summed E-state index contributed by atoms with van der Waals surface area (Å²) in [6.07, 6.45) is 16.1. The number of fused-ring (bicyclic) bond motifs is 2. The molecule has 6 heteroatoms. The van der Waals surface area contributed by atoms with Crippen LogP contribution >= 0.6 is 0 Å². The third kappa shape index (κ3) is 5.16. The second-order valence-electron chi connectivity index (χ2n) is 5.59. The van der Waals surface area contributed by atoms with Crippen LogP contribution in [0.3, 0.4) is 0 Å². The van der Waals surface area contributed by atoms with Gasteiger partial charge < -0.3 is 9.93 Å². The van der Waals surface area contributed by atoms with Crippen LogP contribution in [0.1, 0.15) is 12.0 Å². The molecule has 0 atom stereocenters. The molecule has 0 saturated heterocycles. The first-order valence-corrected chi connectivity index (χ1v) is 9.01. The molecule has 0 aromatic heterocycles. The maximum absolute atomic E-state index is 12.2. The van der Waals surface area contributed by atoms with Gasteiger partial charge in [-0.3, -0.25) is 0 Å². The summed E-state index contributed by atoms with van der Waals surface area (Å²) in [7, 11) is -3.78. The van der Waals surface area contributed by atoms with Gasteiger partial charge in [-0.2, -0.15) is 0 Å². The van der Waals surface area contributed by atoms with Gasteiger partial charge in [0.05, 0.1) is 4.90 Å². The monoisotopic (exact) mass is 360 g/mol. The first-order valence-electron chi connectivity index (χ1n) is 7.57. The van der Waals surface area contributed by atoms with Crippen molar-refractivity contribution in [1.29, 1.82) is 0 Å². The minimum Gasteiger partial charge on any atom is -0.491 e. The molecule has 0 amide bonds. The molecule has 2 aliphatic rings. The Morgan fingerprint density at radius 3 is 2.52 bits per heavy atom. The summed E-state index contributed by atoms with van der Waals surface area (Å²) >= 11 is 0. The Morgan fingerprint density at radius 2 is 1.76 bits per heavy atom. The molecule has 4 nitrogen and oxygen atoms in total. The van der Waals surface area contributed by atoms with Crippen molar-refractivity contribution in [2.75, 3.05) is 0 Å². The molecule has 0 fully saturated rings. The summed E-state index contributed by atoms with van der Waals surface area (Å²) in [5.74, 6) is 0. The normalized spacial score (nSPS) is 16.3. The SMILES string of the molecule is Cc1ccc(S(=O)(=O)[N-]/N=C/C2=CC=CC3=CC=CC=C2C3)cc1.[Na+]. The number of hydrogen-bond donors (Lipinski definition) is 0.